The Balaban J connectivity index is 1.88. The average molecular weight is 363 g/mol. The molecule has 1 aliphatic rings. The van der Waals surface area contributed by atoms with Crippen molar-refractivity contribution >= 4 is 15.9 Å². The molecule has 1 aromatic heterocycles. The van der Waals surface area contributed by atoms with Crippen LogP contribution in [0.5, 0.6) is 0 Å². The van der Waals surface area contributed by atoms with Crippen LogP contribution in [0.1, 0.15) is 49.2 Å². The third-order valence-electron chi connectivity index (χ3n) is 4.31. The first-order valence-corrected chi connectivity index (χ1v) is 8.50. The predicted octanol–water partition coefficient (Wildman–Crippen LogP) is 4.96. The van der Waals surface area contributed by atoms with Gasteiger partial charge in [0, 0.05) is 16.7 Å². The molecule has 116 valence electrons. The molecule has 1 aromatic carbocycles. The highest BCUT2D eigenvalue weighted by Gasteiger charge is 2.29. The fraction of sp³-hybridized carbons (Fsp3) is 0.389. The van der Waals surface area contributed by atoms with Crippen molar-refractivity contribution in [3.05, 3.63) is 63.6 Å². The van der Waals surface area contributed by atoms with E-state index in [-0.39, 0.29) is 17.9 Å². The van der Waals surface area contributed by atoms with Crippen LogP contribution in [0, 0.1) is 11.7 Å². The number of hydrogen-bond donors (Lipinski definition) is 1. The van der Waals surface area contributed by atoms with Crippen LogP contribution in [0.25, 0.3) is 0 Å². The lowest BCUT2D eigenvalue weighted by molar-refractivity contribution is 0.355. The summed E-state index contributed by atoms with van der Waals surface area (Å²) in [7, 11) is 0. The second-order valence-corrected chi connectivity index (χ2v) is 7.11. The van der Waals surface area contributed by atoms with Gasteiger partial charge in [0.25, 0.3) is 0 Å². The standard InChI is InChI=1S/C18H20BrFN2/c1-11(2)18(17-5-3-4-8-21-17)22-16-7-6-13-14(16)9-12(19)10-15(13)20/h3-5,8-11,16,18,22H,6-7H2,1-2H3/t16-,18-/m0/s1. The number of benzene rings is 1. The van der Waals surface area contributed by atoms with E-state index in [0.717, 1.165) is 34.1 Å². The van der Waals surface area contributed by atoms with E-state index in [1.807, 2.05) is 24.4 Å². The Bertz CT molecular complexity index is 658. The van der Waals surface area contributed by atoms with Crippen molar-refractivity contribution in [3.63, 3.8) is 0 Å². The topological polar surface area (TPSA) is 24.9 Å². The van der Waals surface area contributed by atoms with Crippen LogP contribution in [0.2, 0.25) is 0 Å². The quantitative estimate of drug-likeness (QED) is 0.831. The molecular formula is C18H20BrFN2. The first kappa shape index (κ1) is 15.6. The Morgan fingerprint density at radius 2 is 2.14 bits per heavy atom. The van der Waals surface area contributed by atoms with Crippen molar-refractivity contribution in [2.75, 3.05) is 0 Å². The molecule has 0 saturated heterocycles. The van der Waals surface area contributed by atoms with E-state index >= 15 is 0 Å². The number of rotatable bonds is 4. The largest absolute Gasteiger partial charge is 0.301 e. The molecule has 0 radical (unpaired) electrons. The van der Waals surface area contributed by atoms with Gasteiger partial charge in [0.1, 0.15) is 5.82 Å². The summed E-state index contributed by atoms with van der Waals surface area (Å²) in [4.78, 5) is 4.49. The SMILES string of the molecule is CC(C)[C@H](N[C@H]1CCc2c(F)cc(Br)cc21)c1ccccn1. The van der Waals surface area contributed by atoms with Crippen LogP contribution < -0.4 is 5.32 Å². The van der Waals surface area contributed by atoms with Gasteiger partial charge in [-0.2, -0.15) is 0 Å². The lowest BCUT2D eigenvalue weighted by Crippen LogP contribution is -2.29. The summed E-state index contributed by atoms with van der Waals surface area (Å²) in [5.41, 5.74) is 2.97. The number of halogens is 2. The van der Waals surface area contributed by atoms with Crippen molar-refractivity contribution in [3.8, 4) is 0 Å². The summed E-state index contributed by atoms with van der Waals surface area (Å²) in [6.07, 6.45) is 3.54. The number of pyridine rings is 1. The van der Waals surface area contributed by atoms with Crippen molar-refractivity contribution in [2.24, 2.45) is 5.92 Å². The highest BCUT2D eigenvalue weighted by Crippen LogP contribution is 2.37. The average Bonchev–Trinajstić information content (AvgIpc) is 2.88. The first-order valence-electron chi connectivity index (χ1n) is 7.71. The molecular weight excluding hydrogens is 343 g/mol. The van der Waals surface area contributed by atoms with E-state index in [9.17, 15) is 4.39 Å². The van der Waals surface area contributed by atoms with E-state index < -0.39 is 0 Å². The molecule has 4 heteroatoms. The summed E-state index contributed by atoms with van der Waals surface area (Å²) < 4.78 is 14.9. The highest BCUT2D eigenvalue weighted by atomic mass is 79.9. The molecule has 3 rings (SSSR count). The Kier molecular flexibility index (Phi) is 4.59. The van der Waals surface area contributed by atoms with Gasteiger partial charge in [-0.3, -0.25) is 4.98 Å². The van der Waals surface area contributed by atoms with Crippen LogP contribution in [0.3, 0.4) is 0 Å². The maximum absolute atomic E-state index is 14.1. The summed E-state index contributed by atoms with van der Waals surface area (Å²) in [6, 6.07) is 9.93. The lowest BCUT2D eigenvalue weighted by atomic mass is 9.98. The zero-order chi connectivity index (χ0) is 15.7. The fourth-order valence-electron chi connectivity index (χ4n) is 3.21. The molecule has 0 fully saturated rings. The molecule has 0 saturated carbocycles. The normalized spacial score (nSPS) is 18.5. The van der Waals surface area contributed by atoms with Gasteiger partial charge in [-0.15, -0.1) is 0 Å². The lowest BCUT2D eigenvalue weighted by Gasteiger charge is -2.26. The third-order valence-corrected chi connectivity index (χ3v) is 4.76. The molecule has 2 atom stereocenters. The molecule has 1 aliphatic carbocycles. The maximum Gasteiger partial charge on any atom is 0.127 e. The molecule has 2 nitrogen and oxygen atoms in total. The van der Waals surface area contributed by atoms with E-state index in [4.69, 9.17) is 0 Å². The van der Waals surface area contributed by atoms with Gasteiger partial charge in [0.2, 0.25) is 0 Å². The van der Waals surface area contributed by atoms with Crippen molar-refractivity contribution < 1.29 is 4.39 Å². The Hall–Kier alpha value is -1.26. The Morgan fingerprint density at radius 3 is 2.82 bits per heavy atom. The highest BCUT2D eigenvalue weighted by molar-refractivity contribution is 9.10. The number of nitrogens with zero attached hydrogens (tertiary/aromatic N) is 1. The zero-order valence-corrected chi connectivity index (χ0v) is 14.4. The van der Waals surface area contributed by atoms with Gasteiger partial charge in [0.05, 0.1) is 11.7 Å². The summed E-state index contributed by atoms with van der Waals surface area (Å²) in [5.74, 6) is 0.309. The minimum absolute atomic E-state index is 0.104. The summed E-state index contributed by atoms with van der Waals surface area (Å²) >= 11 is 3.40. The van der Waals surface area contributed by atoms with Crippen LogP contribution in [-0.2, 0) is 6.42 Å². The first-order chi connectivity index (χ1) is 10.6. The smallest absolute Gasteiger partial charge is 0.127 e. The van der Waals surface area contributed by atoms with E-state index in [2.05, 4.69) is 46.1 Å². The van der Waals surface area contributed by atoms with Crippen LogP contribution in [-0.4, -0.2) is 4.98 Å². The number of fused-ring (bicyclic) bond motifs is 1. The van der Waals surface area contributed by atoms with Gasteiger partial charge < -0.3 is 5.32 Å². The number of nitrogens with one attached hydrogen (secondary N) is 1. The fourth-order valence-corrected chi connectivity index (χ4v) is 3.66. The monoisotopic (exact) mass is 362 g/mol. The molecule has 22 heavy (non-hydrogen) atoms. The van der Waals surface area contributed by atoms with E-state index in [0.29, 0.717) is 5.92 Å². The Morgan fingerprint density at radius 1 is 1.32 bits per heavy atom. The van der Waals surface area contributed by atoms with Crippen LogP contribution >= 0.6 is 15.9 Å². The summed E-state index contributed by atoms with van der Waals surface area (Å²) in [6.45, 7) is 4.37. The van der Waals surface area contributed by atoms with Gasteiger partial charge in [-0.05, 0) is 54.2 Å². The van der Waals surface area contributed by atoms with Crippen LogP contribution in [0.15, 0.2) is 41.0 Å². The van der Waals surface area contributed by atoms with Crippen molar-refractivity contribution in [2.45, 2.75) is 38.8 Å². The molecule has 1 N–H and O–H groups in total. The van der Waals surface area contributed by atoms with E-state index in [1.165, 1.54) is 0 Å². The minimum Gasteiger partial charge on any atom is -0.301 e. The second kappa shape index (κ2) is 6.47. The van der Waals surface area contributed by atoms with Crippen molar-refractivity contribution in [1.29, 1.82) is 0 Å². The van der Waals surface area contributed by atoms with Gasteiger partial charge >= 0.3 is 0 Å². The number of hydrogen-bond acceptors (Lipinski definition) is 2. The number of aromatic nitrogens is 1. The molecule has 0 amide bonds. The third kappa shape index (κ3) is 3.08. The maximum atomic E-state index is 14.1. The molecule has 1 heterocycles. The van der Waals surface area contributed by atoms with Gasteiger partial charge in [0.15, 0.2) is 0 Å². The predicted molar refractivity (Wildman–Crippen MR) is 90.1 cm³/mol. The Labute approximate surface area is 139 Å². The molecule has 0 bridgehead atoms. The molecule has 0 unspecified atom stereocenters. The molecule has 2 aromatic rings. The zero-order valence-electron chi connectivity index (χ0n) is 12.8. The van der Waals surface area contributed by atoms with Crippen LogP contribution in [0.4, 0.5) is 4.39 Å². The van der Waals surface area contributed by atoms with Gasteiger partial charge in [-0.25, -0.2) is 4.39 Å². The summed E-state index contributed by atoms with van der Waals surface area (Å²) in [5, 5.41) is 3.69. The minimum atomic E-state index is -0.104. The van der Waals surface area contributed by atoms with Gasteiger partial charge in [-0.1, -0.05) is 35.8 Å². The second-order valence-electron chi connectivity index (χ2n) is 6.19. The van der Waals surface area contributed by atoms with Crippen molar-refractivity contribution in [1.82, 2.24) is 10.3 Å². The van der Waals surface area contributed by atoms with E-state index in [1.54, 1.807) is 6.07 Å². The molecule has 0 aliphatic heterocycles. The molecule has 0 spiro atoms.